The van der Waals surface area contributed by atoms with Crippen LogP contribution in [0.15, 0.2) is 71.1 Å². The summed E-state index contributed by atoms with van der Waals surface area (Å²) in [6.07, 6.45) is -0.921. The molecule has 1 heterocycles. The number of aryl methyl sites for hydroxylation is 2. The molecule has 0 atom stereocenters. The average molecular weight is 539 g/mol. The minimum absolute atomic E-state index is 0.0439. The second kappa shape index (κ2) is 11.8. The van der Waals surface area contributed by atoms with Crippen molar-refractivity contribution >= 4 is 23.7 Å². The fourth-order valence-corrected chi connectivity index (χ4v) is 3.64. The molecular formula is C28H24ClFN2O6. The molecule has 0 aliphatic carbocycles. The van der Waals surface area contributed by atoms with Crippen LogP contribution in [0.3, 0.4) is 0 Å². The van der Waals surface area contributed by atoms with E-state index in [1.165, 1.54) is 18.2 Å². The van der Waals surface area contributed by atoms with Crippen molar-refractivity contribution in [2.24, 2.45) is 0 Å². The Balaban J connectivity index is 1.46. The summed E-state index contributed by atoms with van der Waals surface area (Å²) in [5, 5.41) is 9.88. The Hall–Kier alpha value is -4.37. The number of benzene rings is 3. The number of hydrogen-bond acceptors (Lipinski definition) is 6. The molecule has 3 aromatic carbocycles. The number of carboxylic acid groups (broad SMARTS) is 1. The largest absolute Gasteiger partial charge is 0.487 e. The number of ether oxygens (including phenoxy) is 2. The van der Waals surface area contributed by atoms with E-state index in [-0.39, 0.29) is 24.5 Å². The minimum Gasteiger partial charge on any atom is -0.487 e. The van der Waals surface area contributed by atoms with Crippen LogP contribution in [0.4, 0.5) is 9.18 Å². The van der Waals surface area contributed by atoms with Crippen molar-refractivity contribution in [1.82, 2.24) is 9.88 Å². The van der Waals surface area contributed by atoms with Gasteiger partial charge in [-0.15, -0.1) is 0 Å². The standard InChI is InChI=1S/C28H24ClFN2O6/c1-17-3-9-22(10-4-17)38-28(35)32(15-26(33)34)14-20-13-23(11-12-24(20)30)36-16-25-18(2)37-27(31-25)19-5-7-21(29)8-6-19/h3-13H,14-16H2,1-2H3,(H,33,34). The molecule has 38 heavy (non-hydrogen) atoms. The van der Waals surface area contributed by atoms with Crippen LogP contribution in [0.25, 0.3) is 11.5 Å². The van der Waals surface area contributed by atoms with Crippen molar-refractivity contribution in [1.29, 1.82) is 0 Å². The van der Waals surface area contributed by atoms with Gasteiger partial charge >= 0.3 is 12.1 Å². The summed E-state index contributed by atoms with van der Waals surface area (Å²) >= 11 is 5.94. The Kier molecular flexibility index (Phi) is 8.28. The Labute approximate surface area is 223 Å². The van der Waals surface area contributed by atoms with Gasteiger partial charge in [0.25, 0.3) is 0 Å². The van der Waals surface area contributed by atoms with Gasteiger partial charge in [0.2, 0.25) is 5.89 Å². The molecular weight excluding hydrogens is 515 g/mol. The normalized spacial score (nSPS) is 10.7. The van der Waals surface area contributed by atoms with E-state index >= 15 is 0 Å². The van der Waals surface area contributed by atoms with Gasteiger partial charge in [0.1, 0.15) is 41.9 Å². The molecule has 4 rings (SSSR count). The Morgan fingerprint density at radius 3 is 2.39 bits per heavy atom. The first-order valence-electron chi connectivity index (χ1n) is 11.6. The lowest BCUT2D eigenvalue weighted by molar-refractivity contribution is -0.138. The highest BCUT2D eigenvalue weighted by Crippen LogP contribution is 2.25. The fourth-order valence-electron chi connectivity index (χ4n) is 3.52. The summed E-state index contributed by atoms with van der Waals surface area (Å²) in [4.78, 5) is 29.4. The van der Waals surface area contributed by atoms with E-state index in [0.717, 1.165) is 16.0 Å². The van der Waals surface area contributed by atoms with E-state index in [2.05, 4.69) is 4.98 Å². The van der Waals surface area contributed by atoms with Crippen LogP contribution in [0.1, 0.15) is 22.6 Å². The molecule has 1 amide bonds. The van der Waals surface area contributed by atoms with Gasteiger partial charge in [0, 0.05) is 16.1 Å². The zero-order valence-electron chi connectivity index (χ0n) is 20.6. The molecule has 0 spiro atoms. The first kappa shape index (κ1) is 26.7. The van der Waals surface area contributed by atoms with Crippen LogP contribution in [0.2, 0.25) is 5.02 Å². The number of aliphatic carboxylic acids is 1. The highest BCUT2D eigenvalue weighted by atomic mass is 35.5. The summed E-state index contributed by atoms with van der Waals surface area (Å²) < 4.78 is 31.5. The molecule has 8 nitrogen and oxygen atoms in total. The second-order valence-electron chi connectivity index (χ2n) is 8.50. The number of hydrogen-bond donors (Lipinski definition) is 1. The fraction of sp³-hybridized carbons (Fsp3) is 0.179. The first-order valence-corrected chi connectivity index (χ1v) is 11.9. The zero-order chi connectivity index (χ0) is 27.2. The summed E-state index contributed by atoms with van der Waals surface area (Å²) in [7, 11) is 0. The maximum atomic E-state index is 14.6. The number of nitrogens with zero attached hydrogens (tertiary/aromatic N) is 2. The second-order valence-corrected chi connectivity index (χ2v) is 8.94. The van der Waals surface area contributed by atoms with Gasteiger partial charge in [-0.1, -0.05) is 29.3 Å². The number of carbonyl (C=O) groups excluding carboxylic acids is 1. The van der Waals surface area contributed by atoms with Gasteiger partial charge in [-0.05, 0) is 68.4 Å². The van der Waals surface area contributed by atoms with E-state index in [1.54, 1.807) is 55.5 Å². The SMILES string of the molecule is Cc1ccc(OC(=O)N(CC(=O)O)Cc2cc(OCc3nc(-c4ccc(Cl)cc4)oc3C)ccc2F)cc1. The third kappa shape index (κ3) is 6.89. The third-order valence-electron chi connectivity index (χ3n) is 5.55. The van der Waals surface area contributed by atoms with Gasteiger partial charge < -0.3 is 19.0 Å². The number of aromatic nitrogens is 1. The number of carboxylic acids is 1. The van der Waals surface area contributed by atoms with Gasteiger partial charge in [-0.3, -0.25) is 9.69 Å². The predicted molar refractivity (Wildman–Crippen MR) is 138 cm³/mol. The molecule has 1 N–H and O–H groups in total. The van der Waals surface area contributed by atoms with E-state index < -0.39 is 24.4 Å². The Morgan fingerprint density at radius 1 is 1.03 bits per heavy atom. The van der Waals surface area contributed by atoms with Crippen molar-refractivity contribution in [2.45, 2.75) is 27.0 Å². The lowest BCUT2D eigenvalue weighted by Crippen LogP contribution is -2.37. The lowest BCUT2D eigenvalue weighted by atomic mass is 10.2. The molecule has 0 saturated carbocycles. The first-order chi connectivity index (χ1) is 18.2. The topological polar surface area (TPSA) is 102 Å². The monoisotopic (exact) mass is 538 g/mol. The van der Waals surface area contributed by atoms with Gasteiger partial charge in [0.15, 0.2) is 0 Å². The molecule has 0 aliphatic rings. The van der Waals surface area contributed by atoms with Crippen LogP contribution in [0, 0.1) is 19.7 Å². The summed E-state index contributed by atoms with van der Waals surface area (Å²) in [5.74, 6) is -0.374. The number of amides is 1. The smallest absolute Gasteiger partial charge is 0.416 e. The van der Waals surface area contributed by atoms with E-state index in [4.69, 9.17) is 25.5 Å². The Bertz CT molecular complexity index is 1440. The predicted octanol–water partition coefficient (Wildman–Crippen LogP) is 6.42. The maximum absolute atomic E-state index is 14.6. The average Bonchev–Trinajstić information content (AvgIpc) is 3.25. The van der Waals surface area contributed by atoms with Gasteiger partial charge in [0.05, 0.1) is 6.54 Å². The summed E-state index contributed by atoms with van der Waals surface area (Å²) in [6.45, 7) is 2.65. The Morgan fingerprint density at radius 2 is 1.71 bits per heavy atom. The number of rotatable bonds is 9. The highest BCUT2D eigenvalue weighted by Gasteiger charge is 2.22. The van der Waals surface area contributed by atoms with Crippen molar-refractivity contribution in [3.05, 3.63) is 100 Å². The molecule has 10 heteroatoms. The van der Waals surface area contributed by atoms with Crippen molar-refractivity contribution in [2.75, 3.05) is 6.54 Å². The zero-order valence-corrected chi connectivity index (χ0v) is 21.4. The van der Waals surface area contributed by atoms with E-state index in [0.29, 0.717) is 28.1 Å². The molecule has 1 aromatic heterocycles. The van der Waals surface area contributed by atoms with Crippen LogP contribution in [-0.4, -0.2) is 33.6 Å². The van der Waals surface area contributed by atoms with Crippen LogP contribution in [-0.2, 0) is 17.9 Å². The van der Waals surface area contributed by atoms with Crippen molar-refractivity contribution in [3.8, 4) is 23.0 Å². The molecule has 0 bridgehead atoms. The van der Waals surface area contributed by atoms with E-state index in [1.807, 2.05) is 6.92 Å². The maximum Gasteiger partial charge on any atom is 0.416 e. The van der Waals surface area contributed by atoms with Crippen LogP contribution in [0.5, 0.6) is 11.5 Å². The number of carbonyl (C=O) groups is 2. The molecule has 196 valence electrons. The number of oxazole rings is 1. The van der Waals surface area contributed by atoms with Gasteiger partial charge in [-0.25, -0.2) is 14.2 Å². The molecule has 0 aliphatic heterocycles. The third-order valence-corrected chi connectivity index (χ3v) is 5.80. The highest BCUT2D eigenvalue weighted by molar-refractivity contribution is 6.30. The summed E-state index contributed by atoms with van der Waals surface area (Å²) in [6, 6.07) is 17.7. The lowest BCUT2D eigenvalue weighted by Gasteiger charge is -2.21. The molecule has 0 saturated heterocycles. The summed E-state index contributed by atoms with van der Waals surface area (Å²) in [5.41, 5.74) is 2.33. The number of halogens is 2. The molecule has 4 aromatic rings. The molecule has 0 unspecified atom stereocenters. The minimum atomic E-state index is -1.27. The van der Waals surface area contributed by atoms with Crippen LogP contribution >= 0.6 is 11.6 Å². The van der Waals surface area contributed by atoms with Crippen molar-refractivity contribution in [3.63, 3.8) is 0 Å². The quantitative estimate of drug-likeness (QED) is 0.262. The molecule has 0 fully saturated rings. The molecule has 0 radical (unpaired) electrons. The van der Waals surface area contributed by atoms with Crippen molar-refractivity contribution < 1.29 is 33.0 Å². The van der Waals surface area contributed by atoms with E-state index in [9.17, 15) is 19.1 Å². The van der Waals surface area contributed by atoms with Crippen LogP contribution < -0.4 is 9.47 Å². The van der Waals surface area contributed by atoms with Gasteiger partial charge in [-0.2, -0.15) is 0 Å².